The molecule has 0 saturated carbocycles. The number of nitrogens with one attached hydrogen (secondary N) is 1. The lowest BCUT2D eigenvalue weighted by atomic mass is 9.83. The number of aliphatic hydroxyl groups is 1. The second-order valence-corrected chi connectivity index (χ2v) is 7.32. The molecule has 4 nitrogen and oxygen atoms in total. The highest BCUT2D eigenvalue weighted by Crippen LogP contribution is 2.37. The molecule has 0 bridgehead atoms. The molecule has 3 aromatic carbocycles. The summed E-state index contributed by atoms with van der Waals surface area (Å²) in [5.74, 6) is -1.45. The number of Topliss-reactive ketones (excluding diaryl/α,β-unsaturated/α-hetero) is 2. The van der Waals surface area contributed by atoms with Crippen molar-refractivity contribution in [2.75, 3.05) is 5.32 Å². The quantitative estimate of drug-likeness (QED) is 0.609. The van der Waals surface area contributed by atoms with Crippen LogP contribution in [0.1, 0.15) is 38.7 Å². The zero-order chi connectivity index (χ0) is 20.5. The largest absolute Gasteiger partial charge is 0.507 e. The highest BCUT2D eigenvalue weighted by atomic mass is 16.3. The van der Waals surface area contributed by atoms with Gasteiger partial charge < -0.3 is 10.4 Å². The lowest BCUT2D eigenvalue weighted by molar-refractivity contribution is -0.112. The molecule has 0 spiro atoms. The SMILES string of the molecule is Cc1ccc(NC(C2=C(O)c3ccccc3C(=O)C2=O)c2ccc(C)cc2)cc1. The predicted molar refractivity (Wildman–Crippen MR) is 114 cm³/mol. The highest BCUT2D eigenvalue weighted by Gasteiger charge is 2.37. The first-order valence-electron chi connectivity index (χ1n) is 9.47. The molecule has 0 heterocycles. The molecule has 0 fully saturated rings. The molecule has 2 N–H and O–H groups in total. The average molecular weight is 383 g/mol. The van der Waals surface area contributed by atoms with Gasteiger partial charge in [0.25, 0.3) is 0 Å². The normalized spacial score (nSPS) is 14.6. The van der Waals surface area contributed by atoms with Gasteiger partial charge in [0, 0.05) is 16.8 Å². The summed E-state index contributed by atoms with van der Waals surface area (Å²) >= 11 is 0. The van der Waals surface area contributed by atoms with Crippen molar-refractivity contribution in [1.82, 2.24) is 0 Å². The summed E-state index contributed by atoms with van der Waals surface area (Å²) < 4.78 is 0. The molecule has 29 heavy (non-hydrogen) atoms. The molecule has 1 aliphatic rings. The fraction of sp³-hybridized carbons (Fsp3) is 0.120. The second kappa shape index (κ2) is 7.40. The fourth-order valence-corrected chi connectivity index (χ4v) is 3.55. The van der Waals surface area contributed by atoms with Crippen LogP contribution in [0.5, 0.6) is 0 Å². The molecule has 4 heteroatoms. The number of ketones is 2. The number of rotatable bonds is 4. The van der Waals surface area contributed by atoms with Gasteiger partial charge in [-0.1, -0.05) is 71.8 Å². The molecule has 1 aliphatic carbocycles. The summed E-state index contributed by atoms with van der Waals surface area (Å²) in [6.07, 6.45) is 0. The van der Waals surface area contributed by atoms with E-state index in [1.54, 1.807) is 24.3 Å². The molecular formula is C25H21NO3. The van der Waals surface area contributed by atoms with Gasteiger partial charge in [0.1, 0.15) is 5.76 Å². The number of aliphatic hydroxyl groups excluding tert-OH is 1. The molecular weight excluding hydrogens is 362 g/mol. The van der Waals surface area contributed by atoms with Crippen molar-refractivity contribution in [3.8, 4) is 0 Å². The van der Waals surface area contributed by atoms with Crippen LogP contribution in [0.15, 0.2) is 78.4 Å². The Morgan fingerprint density at radius 3 is 1.90 bits per heavy atom. The smallest absolute Gasteiger partial charge is 0.235 e. The van der Waals surface area contributed by atoms with E-state index in [4.69, 9.17) is 0 Å². The Bertz CT molecular complexity index is 1130. The van der Waals surface area contributed by atoms with Gasteiger partial charge in [0.15, 0.2) is 0 Å². The number of benzene rings is 3. The van der Waals surface area contributed by atoms with Gasteiger partial charge >= 0.3 is 0 Å². The summed E-state index contributed by atoms with van der Waals surface area (Å²) in [6, 6.07) is 21.4. The molecule has 0 saturated heterocycles. The lowest BCUT2D eigenvalue weighted by Crippen LogP contribution is -2.30. The molecule has 1 atom stereocenters. The monoisotopic (exact) mass is 383 g/mol. The zero-order valence-electron chi connectivity index (χ0n) is 16.3. The minimum absolute atomic E-state index is 0.0677. The van der Waals surface area contributed by atoms with Gasteiger partial charge in [0.2, 0.25) is 11.6 Å². The van der Waals surface area contributed by atoms with E-state index in [0.717, 1.165) is 22.4 Å². The number of hydrogen-bond acceptors (Lipinski definition) is 4. The van der Waals surface area contributed by atoms with Crippen LogP contribution in [0.2, 0.25) is 0 Å². The Morgan fingerprint density at radius 2 is 1.28 bits per heavy atom. The van der Waals surface area contributed by atoms with Crippen molar-refractivity contribution >= 4 is 23.0 Å². The summed E-state index contributed by atoms with van der Waals surface area (Å²) in [5, 5.41) is 14.3. The Hall–Kier alpha value is -3.66. The molecule has 0 aliphatic heterocycles. The van der Waals surface area contributed by atoms with Crippen molar-refractivity contribution in [2.45, 2.75) is 19.9 Å². The Kier molecular flexibility index (Phi) is 4.77. The maximum Gasteiger partial charge on any atom is 0.235 e. The van der Waals surface area contributed by atoms with Crippen LogP contribution in [-0.4, -0.2) is 16.7 Å². The van der Waals surface area contributed by atoms with E-state index in [9.17, 15) is 14.7 Å². The van der Waals surface area contributed by atoms with Crippen molar-refractivity contribution in [3.63, 3.8) is 0 Å². The Morgan fingerprint density at radius 1 is 0.724 bits per heavy atom. The van der Waals surface area contributed by atoms with Gasteiger partial charge in [-0.15, -0.1) is 0 Å². The third-order valence-electron chi connectivity index (χ3n) is 5.19. The maximum absolute atomic E-state index is 13.0. The van der Waals surface area contributed by atoms with Crippen molar-refractivity contribution in [2.24, 2.45) is 0 Å². The van der Waals surface area contributed by atoms with Crippen LogP contribution < -0.4 is 5.32 Å². The van der Waals surface area contributed by atoms with E-state index in [-0.39, 0.29) is 16.9 Å². The highest BCUT2D eigenvalue weighted by molar-refractivity contribution is 6.52. The van der Waals surface area contributed by atoms with Crippen molar-refractivity contribution in [1.29, 1.82) is 0 Å². The van der Waals surface area contributed by atoms with Gasteiger partial charge in [-0.3, -0.25) is 9.59 Å². The molecule has 144 valence electrons. The van der Waals surface area contributed by atoms with E-state index in [0.29, 0.717) is 5.56 Å². The number of fused-ring (bicyclic) bond motifs is 1. The molecule has 0 amide bonds. The van der Waals surface area contributed by atoms with Crippen LogP contribution in [0.4, 0.5) is 5.69 Å². The van der Waals surface area contributed by atoms with E-state index in [2.05, 4.69) is 5.32 Å². The number of anilines is 1. The molecule has 4 rings (SSSR count). The topological polar surface area (TPSA) is 66.4 Å². The molecule has 0 radical (unpaired) electrons. The minimum atomic E-state index is -0.689. The van der Waals surface area contributed by atoms with Crippen LogP contribution >= 0.6 is 0 Å². The Balaban J connectivity index is 1.88. The standard InChI is InChI=1S/C25H21NO3/c1-15-7-11-17(12-8-15)22(26-18-13-9-16(2)10-14-18)21-23(27)19-5-3-4-6-20(19)24(28)25(21)29/h3-14,22,26-27H,1-2H3. The van der Waals surface area contributed by atoms with Crippen molar-refractivity contribution < 1.29 is 14.7 Å². The van der Waals surface area contributed by atoms with Crippen LogP contribution in [0.3, 0.4) is 0 Å². The third-order valence-corrected chi connectivity index (χ3v) is 5.19. The minimum Gasteiger partial charge on any atom is -0.507 e. The maximum atomic E-state index is 13.0. The van der Waals surface area contributed by atoms with E-state index >= 15 is 0 Å². The van der Waals surface area contributed by atoms with Crippen molar-refractivity contribution in [3.05, 3.63) is 106 Å². The molecule has 1 unspecified atom stereocenters. The van der Waals surface area contributed by atoms with Gasteiger partial charge in [0.05, 0.1) is 11.6 Å². The van der Waals surface area contributed by atoms with E-state index in [1.807, 2.05) is 62.4 Å². The molecule has 0 aromatic heterocycles. The predicted octanol–water partition coefficient (Wildman–Crippen LogP) is 5.19. The average Bonchev–Trinajstić information content (AvgIpc) is 2.73. The third kappa shape index (κ3) is 3.45. The van der Waals surface area contributed by atoms with Gasteiger partial charge in [-0.25, -0.2) is 0 Å². The summed E-state index contributed by atoms with van der Waals surface area (Å²) in [6.45, 7) is 3.98. The first kappa shape index (κ1) is 18.7. The van der Waals surface area contributed by atoms with Gasteiger partial charge in [-0.05, 0) is 31.5 Å². The van der Waals surface area contributed by atoms with E-state index < -0.39 is 17.6 Å². The summed E-state index contributed by atoms with van der Waals surface area (Å²) in [4.78, 5) is 25.8. The first-order valence-corrected chi connectivity index (χ1v) is 9.47. The molecule has 3 aromatic rings. The van der Waals surface area contributed by atoms with Gasteiger partial charge in [-0.2, -0.15) is 0 Å². The number of aryl methyl sites for hydroxylation is 2. The summed E-state index contributed by atoms with van der Waals surface area (Å²) in [5.41, 5.74) is 4.46. The van der Waals surface area contributed by atoms with Crippen LogP contribution in [-0.2, 0) is 4.79 Å². The number of hydrogen-bond donors (Lipinski definition) is 2. The van der Waals surface area contributed by atoms with E-state index in [1.165, 1.54) is 0 Å². The summed E-state index contributed by atoms with van der Waals surface area (Å²) in [7, 11) is 0. The lowest BCUT2D eigenvalue weighted by Gasteiger charge is -2.27. The zero-order valence-corrected chi connectivity index (χ0v) is 16.3. The van der Waals surface area contributed by atoms with Crippen LogP contribution in [0.25, 0.3) is 5.76 Å². The number of carbonyl (C=O) groups excluding carboxylic acids is 2. The fourth-order valence-electron chi connectivity index (χ4n) is 3.55. The Labute approximate surface area is 169 Å². The first-order chi connectivity index (χ1) is 14.0. The number of carbonyl (C=O) groups is 2. The van der Waals surface area contributed by atoms with Crippen LogP contribution in [0, 0.1) is 13.8 Å². The second-order valence-electron chi connectivity index (χ2n) is 7.32.